The Bertz CT molecular complexity index is 238. The van der Waals surface area contributed by atoms with Gasteiger partial charge in [0.05, 0.1) is 0 Å². The van der Waals surface area contributed by atoms with Crippen molar-refractivity contribution in [3.05, 3.63) is 0 Å². The van der Waals surface area contributed by atoms with E-state index in [2.05, 4.69) is 0 Å². The van der Waals surface area contributed by atoms with Crippen molar-refractivity contribution < 1.29 is 14.7 Å². The lowest BCUT2D eigenvalue weighted by molar-refractivity contribution is -0.148. The average Bonchev–Trinajstić information content (AvgIpc) is 2.07. The Labute approximate surface area is 83.9 Å². The van der Waals surface area contributed by atoms with Gasteiger partial charge in [-0.25, -0.2) is 0 Å². The number of carboxylic acids is 1. The molecule has 1 saturated heterocycles. The fraction of sp³-hybridized carbons (Fsp3) is 0.800. The first-order valence-electron chi connectivity index (χ1n) is 5.03. The van der Waals surface area contributed by atoms with Crippen LogP contribution in [0.15, 0.2) is 0 Å². The molecule has 1 aliphatic heterocycles. The maximum absolute atomic E-state index is 11.5. The summed E-state index contributed by atoms with van der Waals surface area (Å²) < 4.78 is 0. The normalized spacial score (nSPS) is 22.9. The molecule has 0 spiro atoms. The number of carboxylic acid groups (broad SMARTS) is 1. The van der Waals surface area contributed by atoms with Crippen LogP contribution in [-0.4, -0.2) is 34.5 Å². The predicted octanol–water partition coefficient (Wildman–Crippen LogP) is 1.11. The highest BCUT2D eigenvalue weighted by Crippen LogP contribution is 2.23. The molecule has 4 heteroatoms. The van der Waals surface area contributed by atoms with Gasteiger partial charge < -0.3 is 10.0 Å². The monoisotopic (exact) mass is 199 g/mol. The SMILES string of the molecule is CC(C)C1CCCC(=O)N1CC(=O)O. The minimum atomic E-state index is -0.925. The minimum absolute atomic E-state index is 0.0163. The molecule has 1 aliphatic rings. The van der Waals surface area contributed by atoms with Crippen LogP contribution in [0.2, 0.25) is 0 Å². The Morgan fingerprint density at radius 3 is 2.79 bits per heavy atom. The van der Waals surface area contributed by atoms with Gasteiger partial charge in [0.15, 0.2) is 0 Å². The molecule has 1 N–H and O–H groups in total. The smallest absolute Gasteiger partial charge is 0.323 e. The Morgan fingerprint density at radius 1 is 1.64 bits per heavy atom. The van der Waals surface area contributed by atoms with Crippen LogP contribution in [0, 0.1) is 5.92 Å². The van der Waals surface area contributed by atoms with Gasteiger partial charge >= 0.3 is 5.97 Å². The van der Waals surface area contributed by atoms with Gasteiger partial charge in [0.25, 0.3) is 0 Å². The molecular weight excluding hydrogens is 182 g/mol. The lowest BCUT2D eigenvalue weighted by atomic mass is 9.92. The molecule has 1 fully saturated rings. The molecule has 1 unspecified atom stereocenters. The van der Waals surface area contributed by atoms with Gasteiger partial charge in [0.1, 0.15) is 6.54 Å². The van der Waals surface area contributed by atoms with Crippen LogP contribution in [0.3, 0.4) is 0 Å². The number of hydrogen-bond acceptors (Lipinski definition) is 2. The van der Waals surface area contributed by atoms with Crippen molar-refractivity contribution in [1.29, 1.82) is 0 Å². The second-order valence-electron chi connectivity index (χ2n) is 4.12. The van der Waals surface area contributed by atoms with Crippen LogP contribution >= 0.6 is 0 Å². The lowest BCUT2D eigenvalue weighted by Crippen LogP contribution is -2.48. The van der Waals surface area contributed by atoms with Crippen molar-refractivity contribution in [2.75, 3.05) is 6.54 Å². The molecule has 0 aromatic heterocycles. The Hall–Kier alpha value is -1.06. The summed E-state index contributed by atoms with van der Waals surface area (Å²) in [5, 5.41) is 8.69. The van der Waals surface area contributed by atoms with Crippen molar-refractivity contribution in [1.82, 2.24) is 4.90 Å². The van der Waals surface area contributed by atoms with Crippen molar-refractivity contribution in [2.45, 2.75) is 39.2 Å². The maximum Gasteiger partial charge on any atom is 0.323 e. The lowest BCUT2D eigenvalue weighted by Gasteiger charge is -2.37. The summed E-state index contributed by atoms with van der Waals surface area (Å²) in [4.78, 5) is 23.6. The van der Waals surface area contributed by atoms with E-state index >= 15 is 0 Å². The van der Waals surface area contributed by atoms with Crippen molar-refractivity contribution in [3.63, 3.8) is 0 Å². The molecule has 1 atom stereocenters. The number of carbonyl (C=O) groups excluding carboxylic acids is 1. The molecule has 14 heavy (non-hydrogen) atoms. The molecule has 80 valence electrons. The summed E-state index contributed by atoms with van der Waals surface area (Å²) in [6.45, 7) is 3.90. The topological polar surface area (TPSA) is 57.6 Å². The van der Waals surface area contributed by atoms with Gasteiger partial charge in [-0.2, -0.15) is 0 Å². The van der Waals surface area contributed by atoms with Crippen LogP contribution < -0.4 is 0 Å². The largest absolute Gasteiger partial charge is 0.480 e. The number of nitrogens with zero attached hydrogens (tertiary/aromatic N) is 1. The third kappa shape index (κ3) is 2.47. The quantitative estimate of drug-likeness (QED) is 0.740. The zero-order chi connectivity index (χ0) is 10.7. The van der Waals surface area contributed by atoms with Gasteiger partial charge in [-0.05, 0) is 18.8 Å². The first kappa shape index (κ1) is 11.0. The molecule has 1 heterocycles. The van der Waals surface area contributed by atoms with Gasteiger partial charge in [-0.1, -0.05) is 13.8 Å². The number of hydrogen-bond donors (Lipinski definition) is 1. The van der Waals surface area contributed by atoms with Crippen LogP contribution in [0.5, 0.6) is 0 Å². The fourth-order valence-electron chi connectivity index (χ4n) is 1.99. The highest BCUT2D eigenvalue weighted by atomic mass is 16.4. The average molecular weight is 199 g/mol. The van der Waals surface area contributed by atoms with E-state index in [1.54, 1.807) is 0 Å². The van der Waals surface area contributed by atoms with Crippen molar-refractivity contribution in [3.8, 4) is 0 Å². The number of piperidine rings is 1. The second kappa shape index (κ2) is 4.44. The van der Waals surface area contributed by atoms with Gasteiger partial charge in [0, 0.05) is 12.5 Å². The molecule has 0 aromatic rings. The van der Waals surface area contributed by atoms with Gasteiger partial charge in [-0.15, -0.1) is 0 Å². The molecule has 0 saturated carbocycles. The Kier molecular flexibility index (Phi) is 3.49. The van der Waals surface area contributed by atoms with E-state index in [0.29, 0.717) is 12.3 Å². The Balaban J connectivity index is 2.70. The highest BCUT2D eigenvalue weighted by Gasteiger charge is 2.31. The third-order valence-corrected chi connectivity index (χ3v) is 2.69. The number of amides is 1. The molecule has 0 aromatic carbocycles. The van der Waals surface area contributed by atoms with E-state index in [4.69, 9.17) is 5.11 Å². The summed E-state index contributed by atoms with van der Waals surface area (Å²) in [5.74, 6) is -0.609. The van der Waals surface area contributed by atoms with E-state index in [1.165, 1.54) is 4.90 Å². The van der Waals surface area contributed by atoms with Crippen LogP contribution in [0.25, 0.3) is 0 Å². The van der Waals surface area contributed by atoms with Crippen LogP contribution in [0.1, 0.15) is 33.1 Å². The Morgan fingerprint density at radius 2 is 2.29 bits per heavy atom. The van der Waals surface area contributed by atoms with E-state index in [0.717, 1.165) is 12.8 Å². The van der Waals surface area contributed by atoms with E-state index in [-0.39, 0.29) is 18.5 Å². The van der Waals surface area contributed by atoms with Gasteiger partial charge in [-0.3, -0.25) is 9.59 Å². The zero-order valence-corrected chi connectivity index (χ0v) is 8.69. The van der Waals surface area contributed by atoms with Crippen molar-refractivity contribution >= 4 is 11.9 Å². The van der Waals surface area contributed by atoms with E-state index in [9.17, 15) is 9.59 Å². The molecule has 0 aliphatic carbocycles. The third-order valence-electron chi connectivity index (χ3n) is 2.69. The standard InChI is InChI=1S/C10H17NO3/c1-7(2)8-4-3-5-9(12)11(8)6-10(13)14/h7-8H,3-6H2,1-2H3,(H,13,14). The second-order valence-corrected chi connectivity index (χ2v) is 4.12. The summed E-state index contributed by atoms with van der Waals surface area (Å²) in [6.07, 6.45) is 2.31. The molecular formula is C10H17NO3. The summed E-state index contributed by atoms with van der Waals surface area (Å²) >= 11 is 0. The van der Waals surface area contributed by atoms with E-state index in [1.807, 2.05) is 13.8 Å². The van der Waals surface area contributed by atoms with Crippen molar-refractivity contribution in [2.24, 2.45) is 5.92 Å². The first-order chi connectivity index (χ1) is 6.52. The molecule has 1 amide bonds. The van der Waals surface area contributed by atoms with Crippen LogP contribution in [-0.2, 0) is 9.59 Å². The number of rotatable bonds is 3. The van der Waals surface area contributed by atoms with Gasteiger partial charge in [0.2, 0.25) is 5.91 Å². The predicted molar refractivity (Wildman–Crippen MR) is 51.8 cm³/mol. The molecule has 0 radical (unpaired) electrons. The van der Waals surface area contributed by atoms with E-state index < -0.39 is 5.97 Å². The fourth-order valence-corrected chi connectivity index (χ4v) is 1.99. The molecule has 0 bridgehead atoms. The molecule has 4 nitrogen and oxygen atoms in total. The first-order valence-corrected chi connectivity index (χ1v) is 5.03. The maximum atomic E-state index is 11.5. The van der Waals surface area contributed by atoms with Crippen LogP contribution in [0.4, 0.5) is 0 Å². The highest BCUT2D eigenvalue weighted by molar-refractivity contribution is 5.82. The number of carbonyl (C=O) groups is 2. The number of aliphatic carboxylic acids is 1. The zero-order valence-electron chi connectivity index (χ0n) is 8.69. The summed E-state index contributed by atoms with van der Waals surface area (Å²) in [7, 11) is 0. The summed E-state index contributed by atoms with van der Waals surface area (Å²) in [5.41, 5.74) is 0. The summed E-state index contributed by atoms with van der Waals surface area (Å²) in [6, 6.07) is 0.104. The minimum Gasteiger partial charge on any atom is -0.480 e. The number of likely N-dealkylation sites (tertiary alicyclic amines) is 1. The molecule has 1 rings (SSSR count).